The normalized spacial score (nSPS) is 24.2. The average Bonchev–Trinajstić information content (AvgIpc) is 2.65. The second-order valence-corrected chi connectivity index (χ2v) is 6.79. The van der Waals surface area contributed by atoms with Crippen LogP contribution in [0.25, 0.3) is 0 Å². The summed E-state index contributed by atoms with van der Waals surface area (Å²) in [4.78, 5) is 40.4. The molecule has 1 aromatic rings. The van der Waals surface area contributed by atoms with Gasteiger partial charge in [-0.15, -0.1) is 0 Å². The van der Waals surface area contributed by atoms with Gasteiger partial charge in [-0.25, -0.2) is 8.78 Å². The van der Waals surface area contributed by atoms with E-state index in [1.165, 1.54) is 9.80 Å². The minimum absolute atomic E-state index is 0.00783. The van der Waals surface area contributed by atoms with Gasteiger partial charge in [0.05, 0.1) is 12.1 Å². The van der Waals surface area contributed by atoms with Crippen molar-refractivity contribution in [3.05, 3.63) is 35.4 Å². The summed E-state index contributed by atoms with van der Waals surface area (Å²) in [5.74, 6) is -2.70. The Labute approximate surface area is 150 Å². The molecule has 0 spiro atoms. The van der Waals surface area contributed by atoms with Gasteiger partial charge in [0.25, 0.3) is 5.91 Å². The highest BCUT2D eigenvalue weighted by Crippen LogP contribution is 2.22. The van der Waals surface area contributed by atoms with Gasteiger partial charge in [0, 0.05) is 13.1 Å². The molecular formula is C18H21F2N3O3. The van der Waals surface area contributed by atoms with Crippen molar-refractivity contribution in [2.45, 2.75) is 32.4 Å². The largest absolute Gasteiger partial charge is 0.342 e. The van der Waals surface area contributed by atoms with Crippen molar-refractivity contribution < 1.29 is 23.2 Å². The van der Waals surface area contributed by atoms with Crippen LogP contribution in [0.15, 0.2) is 18.2 Å². The minimum atomic E-state index is -0.820. The van der Waals surface area contributed by atoms with E-state index in [-0.39, 0.29) is 42.9 Å². The number of nitrogens with one attached hydrogen (secondary N) is 1. The van der Waals surface area contributed by atoms with Gasteiger partial charge in [0.15, 0.2) is 0 Å². The number of nitrogens with zero attached hydrogens (tertiary/aromatic N) is 2. The fourth-order valence-corrected chi connectivity index (χ4v) is 3.40. The third-order valence-corrected chi connectivity index (χ3v) is 5.19. The van der Waals surface area contributed by atoms with E-state index < -0.39 is 29.6 Å². The van der Waals surface area contributed by atoms with Gasteiger partial charge < -0.3 is 15.1 Å². The van der Waals surface area contributed by atoms with Gasteiger partial charge in [-0.2, -0.15) is 0 Å². The van der Waals surface area contributed by atoms with Crippen LogP contribution in [0.4, 0.5) is 8.78 Å². The molecule has 2 saturated heterocycles. The van der Waals surface area contributed by atoms with Crippen molar-refractivity contribution in [2.24, 2.45) is 5.92 Å². The fourth-order valence-electron chi connectivity index (χ4n) is 3.40. The summed E-state index contributed by atoms with van der Waals surface area (Å²) < 4.78 is 27.2. The molecule has 2 fully saturated rings. The molecule has 1 N–H and O–H groups in total. The SMILES string of the molecule is CC[C@H](C)[C@@H]1NC(=O)[C@H]2CN(C(=O)c3cc(F)ccc3F)CCN2C1=O. The van der Waals surface area contributed by atoms with E-state index in [0.717, 1.165) is 24.6 Å². The Hall–Kier alpha value is -2.51. The molecule has 140 valence electrons. The first-order valence-electron chi connectivity index (χ1n) is 8.68. The summed E-state index contributed by atoms with van der Waals surface area (Å²) in [5.41, 5.74) is -0.376. The standard InChI is InChI=1S/C18H21F2N3O3/c1-3-10(2)15-18(26)23-7-6-22(9-14(23)16(24)21-15)17(25)12-8-11(19)4-5-13(12)20/h4-5,8,10,14-15H,3,6-7,9H2,1-2H3,(H,21,24)/t10-,14+,15-/m0/s1. The van der Waals surface area contributed by atoms with Crippen LogP contribution in [0, 0.1) is 17.6 Å². The Balaban J connectivity index is 1.78. The quantitative estimate of drug-likeness (QED) is 0.874. The van der Waals surface area contributed by atoms with Crippen molar-refractivity contribution in [3.63, 3.8) is 0 Å². The van der Waals surface area contributed by atoms with Crippen LogP contribution in [0.5, 0.6) is 0 Å². The molecule has 0 aliphatic carbocycles. The number of piperazine rings is 2. The number of halogens is 2. The summed E-state index contributed by atoms with van der Waals surface area (Å²) in [7, 11) is 0. The van der Waals surface area contributed by atoms with Gasteiger partial charge in [-0.1, -0.05) is 20.3 Å². The monoisotopic (exact) mass is 365 g/mol. The van der Waals surface area contributed by atoms with E-state index in [1.807, 2.05) is 13.8 Å². The molecule has 0 unspecified atom stereocenters. The first-order chi connectivity index (χ1) is 12.3. The number of hydrogen-bond acceptors (Lipinski definition) is 3. The van der Waals surface area contributed by atoms with E-state index in [9.17, 15) is 23.2 Å². The van der Waals surface area contributed by atoms with E-state index in [1.54, 1.807) is 0 Å². The molecule has 3 atom stereocenters. The first kappa shape index (κ1) is 18.3. The summed E-state index contributed by atoms with van der Waals surface area (Å²) in [6, 6.07) is 1.30. The van der Waals surface area contributed by atoms with Crippen LogP contribution in [0.2, 0.25) is 0 Å². The molecule has 2 aliphatic rings. The molecule has 3 amide bonds. The number of carbonyl (C=O) groups is 3. The van der Waals surface area contributed by atoms with Gasteiger partial charge >= 0.3 is 0 Å². The Kier molecular flexibility index (Phi) is 4.93. The fraction of sp³-hybridized carbons (Fsp3) is 0.500. The molecule has 0 aromatic heterocycles. The number of carbonyl (C=O) groups excluding carboxylic acids is 3. The molecule has 26 heavy (non-hydrogen) atoms. The number of amides is 3. The number of fused-ring (bicyclic) bond motifs is 1. The second-order valence-electron chi connectivity index (χ2n) is 6.79. The zero-order chi connectivity index (χ0) is 19.0. The highest BCUT2D eigenvalue weighted by Gasteiger charge is 2.45. The lowest BCUT2D eigenvalue weighted by Gasteiger charge is -2.46. The first-order valence-corrected chi connectivity index (χ1v) is 8.68. The molecule has 0 saturated carbocycles. The van der Waals surface area contributed by atoms with Crippen molar-refractivity contribution >= 4 is 17.7 Å². The number of benzene rings is 1. The lowest BCUT2D eigenvalue weighted by Crippen LogP contribution is -2.70. The maximum Gasteiger partial charge on any atom is 0.257 e. The van der Waals surface area contributed by atoms with E-state index in [4.69, 9.17) is 0 Å². The van der Waals surface area contributed by atoms with Crippen LogP contribution >= 0.6 is 0 Å². The lowest BCUT2D eigenvalue weighted by molar-refractivity contribution is -0.153. The lowest BCUT2D eigenvalue weighted by atomic mass is 9.93. The van der Waals surface area contributed by atoms with Crippen molar-refractivity contribution in [1.82, 2.24) is 15.1 Å². The Morgan fingerprint density at radius 3 is 2.73 bits per heavy atom. The second kappa shape index (κ2) is 7.01. The number of hydrogen-bond donors (Lipinski definition) is 1. The van der Waals surface area contributed by atoms with Crippen LogP contribution in [0.3, 0.4) is 0 Å². The van der Waals surface area contributed by atoms with Gasteiger partial charge in [-0.05, 0) is 24.1 Å². The number of rotatable bonds is 3. The van der Waals surface area contributed by atoms with E-state index >= 15 is 0 Å². The molecule has 0 bridgehead atoms. The molecule has 6 nitrogen and oxygen atoms in total. The predicted octanol–water partition coefficient (Wildman–Crippen LogP) is 1.16. The smallest absolute Gasteiger partial charge is 0.257 e. The highest BCUT2D eigenvalue weighted by molar-refractivity contribution is 5.99. The van der Waals surface area contributed by atoms with Crippen molar-refractivity contribution in [2.75, 3.05) is 19.6 Å². The van der Waals surface area contributed by atoms with E-state index in [0.29, 0.717) is 0 Å². The van der Waals surface area contributed by atoms with Gasteiger partial charge in [0.1, 0.15) is 23.7 Å². The van der Waals surface area contributed by atoms with Gasteiger partial charge in [0.2, 0.25) is 11.8 Å². The molecule has 0 radical (unpaired) electrons. The van der Waals surface area contributed by atoms with Crippen LogP contribution in [0.1, 0.15) is 30.6 Å². The van der Waals surface area contributed by atoms with Crippen LogP contribution in [-0.2, 0) is 9.59 Å². The maximum absolute atomic E-state index is 13.9. The third kappa shape index (κ3) is 3.15. The van der Waals surface area contributed by atoms with Crippen LogP contribution in [-0.4, -0.2) is 59.2 Å². The molecular weight excluding hydrogens is 344 g/mol. The molecule has 8 heteroatoms. The molecule has 3 rings (SSSR count). The van der Waals surface area contributed by atoms with Crippen molar-refractivity contribution in [3.8, 4) is 0 Å². The Bertz CT molecular complexity index is 755. The third-order valence-electron chi connectivity index (χ3n) is 5.19. The zero-order valence-electron chi connectivity index (χ0n) is 14.7. The summed E-state index contributed by atoms with van der Waals surface area (Å²) >= 11 is 0. The molecule has 1 aromatic carbocycles. The Morgan fingerprint density at radius 2 is 2.04 bits per heavy atom. The Morgan fingerprint density at radius 1 is 1.31 bits per heavy atom. The van der Waals surface area contributed by atoms with Gasteiger partial charge in [-0.3, -0.25) is 14.4 Å². The maximum atomic E-state index is 13.9. The summed E-state index contributed by atoms with van der Waals surface area (Å²) in [6.07, 6.45) is 0.749. The molecule has 2 aliphatic heterocycles. The topological polar surface area (TPSA) is 69.7 Å². The highest BCUT2D eigenvalue weighted by atomic mass is 19.1. The van der Waals surface area contributed by atoms with E-state index in [2.05, 4.69) is 5.32 Å². The predicted molar refractivity (Wildman–Crippen MR) is 89.1 cm³/mol. The minimum Gasteiger partial charge on any atom is -0.342 e. The average molecular weight is 365 g/mol. The summed E-state index contributed by atoms with van der Waals surface area (Å²) in [5, 5.41) is 2.73. The summed E-state index contributed by atoms with van der Waals surface area (Å²) in [6.45, 7) is 4.15. The molecule has 2 heterocycles. The zero-order valence-corrected chi connectivity index (χ0v) is 14.7. The van der Waals surface area contributed by atoms with Crippen molar-refractivity contribution in [1.29, 1.82) is 0 Å². The van der Waals surface area contributed by atoms with Crippen LogP contribution < -0.4 is 5.32 Å².